The second-order valence-corrected chi connectivity index (χ2v) is 6.80. The van der Waals surface area contributed by atoms with Crippen LogP contribution in [0.3, 0.4) is 0 Å². The second-order valence-electron chi connectivity index (χ2n) is 6.80. The fourth-order valence-electron chi connectivity index (χ4n) is 3.15. The van der Waals surface area contributed by atoms with Crippen LogP contribution in [0.1, 0.15) is 33.0 Å². The van der Waals surface area contributed by atoms with Gasteiger partial charge in [-0.25, -0.2) is 9.97 Å². The number of amides is 1. The number of carbonyl (C=O) groups excluding carboxylic acids is 1. The van der Waals surface area contributed by atoms with Gasteiger partial charge < -0.3 is 9.80 Å². The van der Waals surface area contributed by atoms with Gasteiger partial charge in [-0.05, 0) is 18.1 Å². The lowest BCUT2D eigenvalue weighted by atomic mass is 10.1. The van der Waals surface area contributed by atoms with Gasteiger partial charge in [0.1, 0.15) is 11.6 Å². The third kappa shape index (κ3) is 3.50. The summed E-state index contributed by atoms with van der Waals surface area (Å²) in [6, 6.07) is 8.17. The number of anilines is 1. The standard InChI is InChI=1S/C19H26N4O/c1-4-17-20-16-8-6-5-7-15(16)19(21-17)23-11-9-22(10-12-23)18(24)13-14(2)3/h5-8,14H,4,9-13H2,1-3H3. The number of carbonyl (C=O) groups is 1. The summed E-state index contributed by atoms with van der Waals surface area (Å²) in [4.78, 5) is 25.9. The first kappa shape index (κ1) is 16.7. The molecule has 24 heavy (non-hydrogen) atoms. The summed E-state index contributed by atoms with van der Waals surface area (Å²) in [5.41, 5.74) is 0.998. The molecule has 2 aromatic rings. The lowest BCUT2D eigenvalue weighted by Crippen LogP contribution is -2.49. The molecule has 1 aliphatic heterocycles. The van der Waals surface area contributed by atoms with Crippen molar-refractivity contribution >= 4 is 22.6 Å². The molecule has 1 fully saturated rings. The van der Waals surface area contributed by atoms with Gasteiger partial charge in [0.05, 0.1) is 5.52 Å². The van der Waals surface area contributed by atoms with Gasteiger partial charge in [-0.1, -0.05) is 32.9 Å². The van der Waals surface area contributed by atoms with Crippen LogP contribution in [0.5, 0.6) is 0 Å². The second kappa shape index (κ2) is 7.16. The molecule has 3 rings (SSSR count). The monoisotopic (exact) mass is 326 g/mol. The molecule has 0 saturated carbocycles. The Morgan fingerprint density at radius 1 is 1.12 bits per heavy atom. The predicted octanol–water partition coefficient (Wildman–Crippen LogP) is 2.89. The van der Waals surface area contributed by atoms with Crippen molar-refractivity contribution in [2.75, 3.05) is 31.1 Å². The van der Waals surface area contributed by atoms with Gasteiger partial charge in [-0.15, -0.1) is 0 Å². The Kier molecular flexibility index (Phi) is 4.97. The van der Waals surface area contributed by atoms with E-state index < -0.39 is 0 Å². The van der Waals surface area contributed by atoms with Crippen LogP contribution in [0.25, 0.3) is 10.9 Å². The smallest absolute Gasteiger partial charge is 0.222 e. The van der Waals surface area contributed by atoms with E-state index in [2.05, 4.69) is 36.7 Å². The molecule has 0 bridgehead atoms. The van der Waals surface area contributed by atoms with Gasteiger partial charge in [0.25, 0.3) is 0 Å². The van der Waals surface area contributed by atoms with E-state index in [4.69, 9.17) is 4.98 Å². The zero-order valence-corrected chi connectivity index (χ0v) is 14.8. The van der Waals surface area contributed by atoms with Crippen molar-refractivity contribution < 1.29 is 4.79 Å². The Hall–Kier alpha value is -2.17. The molecule has 128 valence electrons. The molecule has 0 radical (unpaired) electrons. The number of aromatic nitrogens is 2. The number of rotatable bonds is 4. The van der Waals surface area contributed by atoms with Crippen molar-refractivity contribution in [3.05, 3.63) is 30.1 Å². The number of hydrogen-bond acceptors (Lipinski definition) is 4. The van der Waals surface area contributed by atoms with Crippen molar-refractivity contribution in [3.63, 3.8) is 0 Å². The molecular formula is C19H26N4O. The van der Waals surface area contributed by atoms with Crippen molar-refractivity contribution in [1.82, 2.24) is 14.9 Å². The van der Waals surface area contributed by atoms with Gasteiger partial charge in [-0.2, -0.15) is 0 Å². The normalized spacial score (nSPS) is 15.3. The number of para-hydroxylation sites is 1. The maximum atomic E-state index is 12.2. The van der Waals surface area contributed by atoms with Gasteiger partial charge >= 0.3 is 0 Å². The SMILES string of the molecule is CCc1nc(N2CCN(C(=O)CC(C)C)CC2)c2ccccc2n1. The molecule has 0 aliphatic carbocycles. The minimum Gasteiger partial charge on any atom is -0.352 e. The van der Waals surface area contributed by atoms with Crippen LogP contribution in [0, 0.1) is 5.92 Å². The third-order valence-corrected chi connectivity index (χ3v) is 4.46. The van der Waals surface area contributed by atoms with Crippen molar-refractivity contribution in [1.29, 1.82) is 0 Å². The van der Waals surface area contributed by atoms with Crippen LogP contribution in [0.2, 0.25) is 0 Å². The van der Waals surface area contributed by atoms with Crippen molar-refractivity contribution in [2.45, 2.75) is 33.6 Å². The number of fused-ring (bicyclic) bond motifs is 1. The maximum Gasteiger partial charge on any atom is 0.222 e. The highest BCUT2D eigenvalue weighted by atomic mass is 16.2. The summed E-state index contributed by atoms with van der Waals surface area (Å²) in [7, 11) is 0. The van der Waals surface area contributed by atoms with E-state index >= 15 is 0 Å². The van der Waals surface area contributed by atoms with E-state index in [1.54, 1.807) is 0 Å². The number of piperazine rings is 1. The van der Waals surface area contributed by atoms with Gasteiger partial charge in [0, 0.05) is 44.4 Å². The zero-order chi connectivity index (χ0) is 17.1. The highest BCUT2D eigenvalue weighted by Gasteiger charge is 2.23. The van der Waals surface area contributed by atoms with E-state index in [0.29, 0.717) is 12.3 Å². The topological polar surface area (TPSA) is 49.3 Å². The summed E-state index contributed by atoms with van der Waals surface area (Å²) in [5.74, 6) is 2.57. The van der Waals surface area contributed by atoms with Crippen LogP contribution in [0.4, 0.5) is 5.82 Å². The van der Waals surface area contributed by atoms with E-state index in [9.17, 15) is 4.79 Å². The molecule has 5 heteroatoms. The molecule has 1 aromatic heterocycles. The lowest BCUT2D eigenvalue weighted by Gasteiger charge is -2.36. The fourth-order valence-corrected chi connectivity index (χ4v) is 3.15. The maximum absolute atomic E-state index is 12.2. The molecule has 0 atom stereocenters. The van der Waals surface area contributed by atoms with Crippen LogP contribution in [-0.4, -0.2) is 47.0 Å². The molecule has 2 heterocycles. The molecular weight excluding hydrogens is 300 g/mol. The molecule has 1 amide bonds. The fraction of sp³-hybridized carbons (Fsp3) is 0.526. The van der Waals surface area contributed by atoms with Gasteiger partial charge in [-0.3, -0.25) is 4.79 Å². The number of nitrogens with zero attached hydrogens (tertiary/aromatic N) is 4. The minimum atomic E-state index is 0.270. The largest absolute Gasteiger partial charge is 0.352 e. The van der Waals surface area contributed by atoms with Crippen molar-refractivity contribution in [2.24, 2.45) is 5.92 Å². The van der Waals surface area contributed by atoms with E-state index in [0.717, 1.165) is 55.1 Å². The molecule has 1 saturated heterocycles. The lowest BCUT2D eigenvalue weighted by molar-refractivity contribution is -0.132. The first-order valence-corrected chi connectivity index (χ1v) is 8.87. The van der Waals surface area contributed by atoms with Crippen LogP contribution < -0.4 is 4.90 Å². The summed E-state index contributed by atoms with van der Waals surface area (Å²) in [5, 5.41) is 1.09. The Bertz CT molecular complexity index is 720. The summed E-state index contributed by atoms with van der Waals surface area (Å²) >= 11 is 0. The van der Waals surface area contributed by atoms with E-state index in [1.807, 2.05) is 23.1 Å². The molecule has 0 N–H and O–H groups in total. The van der Waals surface area contributed by atoms with Crippen LogP contribution >= 0.6 is 0 Å². The molecule has 0 spiro atoms. The van der Waals surface area contributed by atoms with Gasteiger partial charge in [0.2, 0.25) is 5.91 Å². The minimum absolute atomic E-state index is 0.270. The summed E-state index contributed by atoms with van der Waals surface area (Å²) < 4.78 is 0. The Labute approximate surface area is 143 Å². The quantitative estimate of drug-likeness (QED) is 0.867. The van der Waals surface area contributed by atoms with E-state index in [1.165, 1.54) is 0 Å². The average molecular weight is 326 g/mol. The summed E-state index contributed by atoms with van der Waals surface area (Å²) in [6.07, 6.45) is 1.46. The zero-order valence-electron chi connectivity index (χ0n) is 14.8. The highest BCUT2D eigenvalue weighted by Crippen LogP contribution is 2.25. The third-order valence-electron chi connectivity index (χ3n) is 4.46. The molecule has 1 aromatic carbocycles. The molecule has 1 aliphatic rings. The van der Waals surface area contributed by atoms with Crippen LogP contribution in [0.15, 0.2) is 24.3 Å². The van der Waals surface area contributed by atoms with E-state index in [-0.39, 0.29) is 5.91 Å². The molecule has 0 unspecified atom stereocenters. The highest BCUT2D eigenvalue weighted by molar-refractivity contribution is 5.89. The number of benzene rings is 1. The predicted molar refractivity (Wildman–Crippen MR) is 97.2 cm³/mol. The average Bonchev–Trinajstić information content (AvgIpc) is 2.60. The summed E-state index contributed by atoms with van der Waals surface area (Å²) in [6.45, 7) is 9.45. The number of aryl methyl sites for hydroxylation is 1. The first-order valence-electron chi connectivity index (χ1n) is 8.87. The van der Waals surface area contributed by atoms with Crippen LogP contribution in [-0.2, 0) is 11.2 Å². The first-order chi connectivity index (χ1) is 11.6. The number of hydrogen-bond donors (Lipinski definition) is 0. The molecule has 5 nitrogen and oxygen atoms in total. The van der Waals surface area contributed by atoms with Gasteiger partial charge in [0.15, 0.2) is 0 Å². The van der Waals surface area contributed by atoms with Crippen molar-refractivity contribution in [3.8, 4) is 0 Å². The Morgan fingerprint density at radius 2 is 1.83 bits per heavy atom. The Morgan fingerprint density at radius 3 is 2.50 bits per heavy atom. The Balaban J connectivity index is 1.79.